The Hall–Kier alpha value is -3.69. The van der Waals surface area contributed by atoms with Gasteiger partial charge in [-0.15, -0.1) is 0 Å². The molecule has 3 rings (SSSR count). The number of rotatable bonds is 6. The monoisotopic (exact) mass is 400 g/mol. The van der Waals surface area contributed by atoms with E-state index < -0.39 is 66.1 Å². The molecule has 0 aromatic heterocycles. The highest BCUT2D eigenvalue weighted by Gasteiger charge is 2.59. The number of likely N-dealkylation sites (tertiary alicyclic amines) is 1. The number of esters is 1. The highest BCUT2D eigenvalue weighted by atomic mass is 16.5. The molecule has 150 valence electrons. The third-order valence-electron chi connectivity index (χ3n) is 4.82. The van der Waals surface area contributed by atoms with E-state index in [2.05, 4.69) is 4.74 Å². The van der Waals surface area contributed by atoms with Crippen molar-refractivity contribution in [1.29, 1.82) is 0 Å². The molecule has 2 heterocycles. The molecule has 0 unspecified atom stereocenters. The molecule has 29 heavy (non-hydrogen) atoms. The van der Waals surface area contributed by atoms with Crippen LogP contribution in [0.4, 0.5) is 0 Å². The Morgan fingerprint density at radius 3 is 2.03 bits per heavy atom. The minimum absolute atomic E-state index is 0.0984. The summed E-state index contributed by atoms with van der Waals surface area (Å²) in [6.07, 6.45) is -1.12. The Labute approximate surface area is 164 Å². The lowest BCUT2D eigenvalue weighted by atomic mass is 9.87. The summed E-state index contributed by atoms with van der Waals surface area (Å²) >= 11 is 0. The van der Waals surface area contributed by atoms with E-state index in [9.17, 15) is 33.6 Å². The van der Waals surface area contributed by atoms with Crippen molar-refractivity contribution in [2.75, 3.05) is 7.11 Å². The molecule has 1 aromatic rings. The lowest BCUT2D eigenvalue weighted by Crippen LogP contribution is -2.73. The first kappa shape index (κ1) is 20.1. The van der Waals surface area contributed by atoms with Crippen molar-refractivity contribution in [3.05, 3.63) is 35.4 Å². The molecule has 10 nitrogen and oxygen atoms in total. The van der Waals surface area contributed by atoms with Gasteiger partial charge in [0.2, 0.25) is 5.78 Å². The second-order valence-corrected chi connectivity index (χ2v) is 6.60. The summed E-state index contributed by atoms with van der Waals surface area (Å²) in [5.74, 6) is -5.98. The Balaban J connectivity index is 1.91. The van der Waals surface area contributed by atoms with Gasteiger partial charge in [-0.2, -0.15) is 0 Å². The minimum atomic E-state index is -1.42. The molecule has 0 bridgehead atoms. The molecule has 0 radical (unpaired) electrons. The van der Waals surface area contributed by atoms with E-state index in [-0.39, 0.29) is 11.1 Å². The Morgan fingerprint density at radius 2 is 1.55 bits per heavy atom. The van der Waals surface area contributed by atoms with Crippen LogP contribution in [0.2, 0.25) is 0 Å². The van der Waals surface area contributed by atoms with Crippen molar-refractivity contribution in [2.24, 2.45) is 0 Å². The van der Waals surface area contributed by atoms with Crippen LogP contribution in [-0.4, -0.2) is 70.2 Å². The molecular weight excluding hydrogens is 384 g/mol. The smallest absolute Gasteiger partial charge is 0.313 e. The van der Waals surface area contributed by atoms with Gasteiger partial charge in [0.15, 0.2) is 0 Å². The van der Waals surface area contributed by atoms with Gasteiger partial charge in [0.1, 0.15) is 18.2 Å². The number of amides is 4. The molecular formula is C19H16N2O8. The number of Topliss-reactive ketones (excluding diaryl/α,β-unsaturated/α-hetero) is 2. The maximum atomic E-state index is 12.7. The number of ketones is 2. The lowest BCUT2D eigenvalue weighted by Gasteiger charge is -2.47. The van der Waals surface area contributed by atoms with Gasteiger partial charge < -0.3 is 4.74 Å². The zero-order valence-electron chi connectivity index (χ0n) is 15.5. The van der Waals surface area contributed by atoms with E-state index in [1.54, 1.807) is 12.1 Å². The predicted molar refractivity (Wildman–Crippen MR) is 93.3 cm³/mol. The van der Waals surface area contributed by atoms with Crippen LogP contribution >= 0.6 is 0 Å². The summed E-state index contributed by atoms with van der Waals surface area (Å²) in [5.41, 5.74) is 0.197. The average Bonchev–Trinajstić information content (AvgIpc) is 2.93. The number of β-lactam (4-membered cyclic amide) rings is 1. The molecule has 0 spiro atoms. The number of carbonyl (C=O) groups is 7. The number of hydrogen-bond acceptors (Lipinski definition) is 8. The van der Waals surface area contributed by atoms with Crippen LogP contribution in [0.25, 0.3) is 0 Å². The number of ether oxygens (including phenoxy) is 1. The molecule has 1 aromatic carbocycles. The zero-order valence-corrected chi connectivity index (χ0v) is 15.5. The standard InChI is InChI=1S/C19H16N2O8/c1-9(22)16(25)20-13(7-10(23)8-14(24)29-2)15(19(20)28)21-17(26)11-5-3-4-6-12(11)18(21)27/h3-6,13,15H,7-8H2,1-2H3/t13-,15-/m1/s1. The van der Waals surface area contributed by atoms with E-state index in [0.29, 0.717) is 9.80 Å². The molecule has 0 N–H and O–H groups in total. The molecule has 4 amide bonds. The van der Waals surface area contributed by atoms with Gasteiger partial charge in [-0.1, -0.05) is 12.1 Å². The van der Waals surface area contributed by atoms with Gasteiger partial charge in [-0.25, -0.2) is 0 Å². The van der Waals surface area contributed by atoms with Crippen LogP contribution in [-0.2, 0) is 28.7 Å². The fraction of sp³-hybridized carbons (Fsp3) is 0.316. The van der Waals surface area contributed by atoms with Gasteiger partial charge in [-0.3, -0.25) is 43.4 Å². The van der Waals surface area contributed by atoms with E-state index in [1.807, 2.05) is 0 Å². The first-order chi connectivity index (χ1) is 13.7. The minimum Gasteiger partial charge on any atom is -0.469 e. The molecule has 0 aliphatic carbocycles. The summed E-state index contributed by atoms with van der Waals surface area (Å²) in [5, 5.41) is 0. The maximum Gasteiger partial charge on any atom is 0.313 e. The first-order valence-corrected chi connectivity index (χ1v) is 8.62. The van der Waals surface area contributed by atoms with Crippen molar-refractivity contribution in [2.45, 2.75) is 31.8 Å². The summed E-state index contributed by atoms with van der Waals surface area (Å²) in [6.45, 7) is 0.957. The summed E-state index contributed by atoms with van der Waals surface area (Å²) < 4.78 is 4.41. The molecule has 0 saturated carbocycles. The van der Waals surface area contributed by atoms with Crippen molar-refractivity contribution in [3.63, 3.8) is 0 Å². The van der Waals surface area contributed by atoms with Crippen LogP contribution in [0.15, 0.2) is 24.3 Å². The maximum absolute atomic E-state index is 12.7. The van der Waals surface area contributed by atoms with E-state index in [0.717, 1.165) is 14.0 Å². The average molecular weight is 400 g/mol. The highest BCUT2D eigenvalue weighted by Crippen LogP contribution is 2.34. The van der Waals surface area contributed by atoms with Gasteiger partial charge in [-0.05, 0) is 12.1 Å². The quantitative estimate of drug-likeness (QED) is 0.205. The van der Waals surface area contributed by atoms with Gasteiger partial charge >= 0.3 is 5.97 Å². The third kappa shape index (κ3) is 3.22. The Kier molecular flexibility index (Phi) is 5.10. The SMILES string of the molecule is COC(=O)CC(=O)C[C@@H]1[C@@H](N2C(=O)c3ccccc3C2=O)C(=O)N1C(=O)C(C)=O. The van der Waals surface area contributed by atoms with Crippen molar-refractivity contribution < 1.29 is 38.3 Å². The van der Waals surface area contributed by atoms with E-state index in [1.165, 1.54) is 12.1 Å². The normalized spacial score (nSPS) is 20.3. The fourth-order valence-electron chi connectivity index (χ4n) is 3.43. The van der Waals surface area contributed by atoms with Crippen molar-refractivity contribution >= 4 is 41.2 Å². The van der Waals surface area contributed by atoms with Crippen LogP contribution < -0.4 is 0 Å². The van der Waals surface area contributed by atoms with Crippen LogP contribution in [0.3, 0.4) is 0 Å². The number of fused-ring (bicyclic) bond motifs is 1. The summed E-state index contributed by atoms with van der Waals surface area (Å²) in [4.78, 5) is 86.3. The zero-order chi connectivity index (χ0) is 21.5. The predicted octanol–water partition coefficient (Wildman–Crippen LogP) is -0.500. The van der Waals surface area contributed by atoms with Crippen LogP contribution in [0.5, 0.6) is 0 Å². The number of imide groups is 2. The molecule has 2 aliphatic rings. The van der Waals surface area contributed by atoms with Crippen LogP contribution in [0.1, 0.15) is 40.5 Å². The van der Waals surface area contributed by atoms with Gasteiger partial charge in [0.05, 0.1) is 24.3 Å². The van der Waals surface area contributed by atoms with Crippen molar-refractivity contribution in [3.8, 4) is 0 Å². The highest BCUT2D eigenvalue weighted by molar-refractivity contribution is 6.39. The number of carbonyl (C=O) groups excluding carboxylic acids is 7. The third-order valence-corrected chi connectivity index (χ3v) is 4.82. The number of benzene rings is 1. The summed E-state index contributed by atoms with van der Waals surface area (Å²) in [7, 11) is 1.09. The number of nitrogens with zero attached hydrogens (tertiary/aromatic N) is 2. The molecule has 2 atom stereocenters. The molecule has 1 saturated heterocycles. The summed E-state index contributed by atoms with van der Waals surface area (Å²) in [6, 6.07) is 3.30. The van der Waals surface area contributed by atoms with E-state index in [4.69, 9.17) is 0 Å². The second-order valence-electron chi connectivity index (χ2n) is 6.60. The Morgan fingerprint density at radius 1 is 1.00 bits per heavy atom. The first-order valence-electron chi connectivity index (χ1n) is 8.62. The van der Waals surface area contributed by atoms with E-state index >= 15 is 0 Å². The topological polar surface area (TPSA) is 135 Å². The molecule has 1 fully saturated rings. The largest absolute Gasteiger partial charge is 0.469 e. The fourth-order valence-corrected chi connectivity index (χ4v) is 3.43. The lowest BCUT2D eigenvalue weighted by molar-refractivity contribution is -0.169. The van der Waals surface area contributed by atoms with Crippen LogP contribution in [0, 0.1) is 0 Å². The van der Waals surface area contributed by atoms with Gasteiger partial charge in [0, 0.05) is 13.3 Å². The molecule has 2 aliphatic heterocycles. The second kappa shape index (κ2) is 7.38. The number of hydrogen-bond donors (Lipinski definition) is 0. The van der Waals surface area contributed by atoms with Gasteiger partial charge in [0.25, 0.3) is 23.6 Å². The van der Waals surface area contributed by atoms with Crippen molar-refractivity contribution in [1.82, 2.24) is 9.80 Å². The number of methoxy groups -OCH3 is 1. The Bertz CT molecular complexity index is 947. The molecule has 10 heteroatoms.